The highest BCUT2D eigenvalue weighted by Crippen LogP contribution is 2.24. The molecular weight excluding hydrogens is 291 g/mol. The van der Waals surface area contributed by atoms with E-state index in [2.05, 4.69) is 15.2 Å². The van der Waals surface area contributed by atoms with Gasteiger partial charge in [0.1, 0.15) is 11.6 Å². The lowest BCUT2D eigenvalue weighted by molar-refractivity contribution is 0.144. The van der Waals surface area contributed by atoms with Crippen molar-refractivity contribution in [3.63, 3.8) is 0 Å². The number of hydrogen-bond acceptors (Lipinski definition) is 3. The van der Waals surface area contributed by atoms with Crippen molar-refractivity contribution in [2.45, 2.75) is 12.6 Å². The minimum Gasteiger partial charge on any atom is -0.337 e. The number of aromatic nitrogens is 2. The topological polar surface area (TPSA) is 33.1 Å². The summed E-state index contributed by atoms with van der Waals surface area (Å²) in [4.78, 5) is 6.77. The average molecular weight is 309 g/mol. The first kappa shape index (κ1) is 14.5. The Hall–Kier alpha value is -1.43. The van der Waals surface area contributed by atoms with Crippen molar-refractivity contribution in [1.82, 2.24) is 19.8 Å². The number of nitrogens with zero attached hydrogens (tertiary/aromatic N) is 3. The molecule has 1 aliphatic rings. The molecule has 1 unspecified atom stereocenters. The molecule has 0 saturated carbocycles. The zero-order valence-electron chi connectivity index (χ0n) is 11.9. The van der Waals surface area contributed by atoms with E-state index in [-0.39, 0.29) is 16.9 Å². The van der Waals surface area contributed by atoms with Gasteiger partial charge in [0.2, 0.25) is 0 Å². The van der Waals surface area contributed by atoms with Gasteiger partial charge in [-0.05, 0) is 17.7 Å². The fraction of sp³-hybridized carbons (Fsp3) is 0.400. The van der Waals surface area contributed by atoms with E-state index in [4.69, 9.17) is 11.6 Å². The first-order valence-electron chi connectivity index (χ1n) is 7.01. The lowest BCUT2D eigenvalue weighted by atomic mass is 10.1. The molecule has 0 radical (unpaired) electrons. The summed E-state index contributed by atoms with van der Waals surface area (Å²) >= 11 is 5.74. The van der Waals surface area contributed by atoms with Crippen LogP contribution in [0.1, 0.15) is 17.4 Å². The third kappa shape index (κ3) is 3.10. The molecule has 112 valence electrons. The second-order valence-corrected chi connectivity index (χ2v) is 5.74. The van der Waals surface area contributed by atoms with Gasteiger partial charge in [-0.25, -0.2) is 9.37 Å². The molecule has 1 N–H and O–H groups in total. The largest absolute Gasteiger partial charge is 0.337 e. The average Bonchev–Trinajstić information content (AvgIpc) is 2.90. The van der Waals surface area contributed by atoms with E-state index in [1.54, 1.807) is 6.07 Å². The Morgan fingerprint density at radius 2 is 2.33 bits per heavy atom. The van der Waals surface area contributed by atoms with Gasteiger partial charge in [0.25, 0.3) is 0 Å². The Labute approximate surface area is 128 Å². The molecule has 1 saturated heterocycles. The van der Waals surface area contributed by atoms with Crippen molar-refractivity contribution in [3.05, 3.63) is 52.8 Å². The molecule has 2 heterocycles. The van der Waals surface area contributed by atoms with Crippen molar-refractivity contribution >= 4 is 11.6 Å². The van der Waals surface area contributed by atoms with Crippen molar-refractivity contribution in [2.24, 2.45) is 7.05 Å². The molecule has 2 aromatic rings. The SMILES string of the molecule is Cn1ccnc1C1CNCCN1Cc1ccc(Cl)c(F)c1. The third-order valence-corrected chi connectivity index (χ3v) is 4.19. The summed E-state index contributed by atoms with van der Waals surface area (Å²) in [5, 5.41) is 3.56. The highest BCUT2D eigenvalue weighted by atomic mass is 35.5. The minimum atomic E-state index is -0.363. The maximum Gasteiger partial charge on any atom is 0.142 e. The van der Waals surface area contributed by atoms with Gasteiger partial charge in [-0.1, -0.05) is 17.7 Å². The van der Waals surface area contributed by atoms with Gasteiger partial charge in [0.15, 0.2) is 0 Å². The highest BCUT2D eigenvalue weighted by Gasteiger charge is 2.26. The van der Waals surface area contributed by atoms with Crippen LogP contribution in [0.25, 0.3) is 0 Å². The van der Waals surface area contributed by atoms with Crippen molar-refractivity contribution in [3.8, 4) is 0 Å². The summed E-state index contributed by atoms with van der Waals surface area (Å²) in [6.07, 6.45) is 3.76. The highest BCUT2D eigenvalue weighted by molar-refractivity contribution is 6.30. The summed E-state index contributed by atoms with van der Waals surface area (Å²) in [7, 11) is 2.00. The zero-order chi connectivity index (χ0) is 14.8. The molecule has 0 spiro atoms. The summed E-state index contributed by atoms with van der Waals surface area (Å²) in [6.45, 7) is 3.37. The van der Waals surface area contributed by atoms with E-state index in [0.717, 1.165) is 31.0 Å². The number of aryl methyl sites for hydroxylation is 1. The summed E-state index contributed by atoms with van der Waals surface area (Å²) < 4.78 is 15.6. The first-order valence-corrected chi connectivity index (χ1v) is 7.39. The number of halogens is 2. The van der Waals surface area contributed by atoms with Crippen LogP contribution in [0.2, 0.25) is 5.02 Å². The van der Waals surface area contributed by atoms with E-state index in [9.17, 15) is 4.39 Å². The molecule has 21 heavy (non-hydrogen) atoms. The van der Waals surface area contributed by atoms with E-state index in [1.807, 2.05) is 30.1 Å². The summed E-state index contributed by atoms with van der Waals surface area (Å²) in [5.74, 6) is 0.662. The molecule has 0 bridgehead atoms. The molecule has 1 fully saturated rings. The fourth-order valence-electron chi connectivity index (χ4n) is 2.76. The third-order valence-electron chi connectivity index (χ3n) is 3.88. The molecular formula is C15H18ClFN4. The van der Waals surface area contributed by atoms with Gasteiger partial charge >= 0.3 is 0 Å². The number of hydrogen-bond donors (Lipinski definition) is 1. The van der Waals surface area contributed by atoms with Crippen LogP contribution in [-0.2, 0) is 13.6 Å². The first-order chi connectivity index (χ1) is 10.1. The Morgan fingerprint density at radius 1 is 1.48 bits per heavy atom. The fourth-order valence-corrected chi connectivity index (χ4v) is 2.88. The van der Waals surface area contributed by atoms with E-state index < -0.39 is 0 Å². The molecule has 3 rings (SSSR count). The Bertz CT molecular complexity index is 628. The van der Waals surface area contributed by atoms with E-state index in [1.165, 1.54) is 6.07 Å². The number of piperazine rings is 1. The van der Waals surface area contributed by atoms with Crippen LogP contribution >= 0.6 is 11.6 Å². The van der Waals surface area contributed by atoms with Crippen LogP contribution in [0.15, 0.2) is 30.6 Å². The normalized spacial score (nSPS) is 19.9. The molecule has 1 aromatic heterocycles. The maximum atomic E-state index is 13.6. The number of imidazole rings is 1. The number of nitrogens with one attached hydrogen (secondary N) is 1. The van der Waals surface area contributed by atoms with Gasteiger partial charge in [-0.15, -0.1) is 0 Å². The molecule has 0 amide bonds. The van der Waals surface area contributed by atoms with Crippen molar-refractivity contribution in [2.75, 3.05) is 19.6 Å². The molecule has 1 atom stereocenters. The van der Waals surface area contributed by atoms with Crippen LogP contribution in [0, 0.1) is 5.82 Å². The number of rotatable bonds is 3. The standard InChI is InChI=1S/C15H18ClFN4/c1-20-6-5-19-15(20)14-9-18-4-7-21(14)10-11-2-3-12(16)13(17)8-11/h2-3,5-6,8,14,18H,4,7,9-10H2,1H3. The summed E-state index contributed by atoms with van der Waals surface area (Å²) in [6, 6.07) is 5.20. The predicted molar refractivity (Wildman–Crippen MR) is 80.6 cm³/mol. The van der Waals surface area contributed by atoms with Crippen LogP contribution < -0.4 is 5.32 Å². The minimum absolute atomic E-state index is 0.166. The van der Waals surface area contributed by atoms with Crippen LogP contribution in [0.4, 0.5) is 4.39 Å². The maximum absolute atomic E-state index is 13.6. The second kappa shape index (κ2) is 6.13. The Kier molecular flexibility index (Phi) is 4.24. The van der Waals surface area contributed by atoms with E-state index in [0.29, 0.717) is 6.54 Å². The van der Waals surface area contributed by atoms with Crippen LogP contribution in [0.5, 0.6) is 0 Å². The molecule has 6 heteroatoms. The lowest BCUT2D eigenvalue weighted by Crippen LogP contribution is -2.46. The molecule has 1 aromatic carbocycles. The monoisotopic (exact) mass is 308 g/mol. The van der Waals surface area contributed by atoms with E-state index >= 15 is 0 Å². The quantitative estimate of drug-likeness (QED) is 0.945. The Morgan fingerprint density at radius 3 is 3.05 bits per heavy atom. The van der Waals surface area contributed by atoms with Crippen molar-refractivity contribution in [1.29, 1.82) is 0 Å². The number of benzene rings is 1. The van der Waals surface area contributed by atoms with Crippen molar-refractivity contribution < 1.29 is 4.39 Å². The van der Waals surface area contributed by atoms with Crippen LogP contribution in [0.3, 0.4) is 0 Å². The van der Waals surface area contributed by atoms with Gasteiger partial charge in [-0.2, -0.15) is 0 Å². The predicted octanol–water partition coefficient (Wildman–Crippen LogP) is 2.36. The van der Waals surface area contributed by atoms with Crippen LogP contribution in [-0.4, -0.2) is 34.1 Å². The van der Waals surface area contributed by atoms with Gasteiger partial charge in [-0.3, -0.25) is 4.90 Å². The van der Waals surface area contributed by atoms with Gasteiger partial charge in [0, 0.05) is 45.6 Å². The summed E-state index contributed by atoms with van der Waals surface area (Å²) in [5.41, 5.74) is 0.929. The Balaban J connectivity index is 1.81. The smallest absolute Gasteiger partial charge is 0.142 e. The zero-order valence-corrected chi connectivity index (χ0v) is 12.6. The second-order valence-electron chi connectivity index (χ2n) is 5.34. The lowest BCUT2D eigenvalue weighted by Gasteiger charge is -2.35. The molecule has 1 aliphatic heterocycles. The van der Waals surface area contributed by atoms with Gasteiger partial charge in [0.05, 0.1) is 11.1 Å². The van der Waals surface area contributed by atoms with Gasteiger partial charge < -0.3 is 9.88 Å². The molecule has 4 nitrogen and oxygen atoms in total. The molecule has 0 aliphatic carbocycles.